The Morgan fingerprint density at radius 3 is 2.92 bits per heavy atom. The molecule has 0 unspecified atom stereocenters. The van der Waals surface area contributed by atoms with E-state index >= 15 is 0 Å². The Morgan fingerprint density at radius 2 is 2.25 bits per heavy atom. The molecule has 9 heteroatoms. The molecule has 9 nitrogen and oxygen atoms in total. The van der Waals surface area contributed by atoms with Crippen molar-refractivity contribution in [3.63, 3.8) is 0 Å². The van der Waals surface area contributed by atoms with Crippen molar-refractivity contribution in [1.29, 1.82) is 0 Å². The lowest BCUT2D eigenvalue weighted by Gasteiger charge is -2.24. The summed E-state index contributed by atoms with van der Waals surface area (Å²) in [4.78, 5) is 21.1. The lowest BCUT2D eigenvalue weighted by molar-refractivity contribution is 0.227. The van der Waals surface area contributed by atoms with Crippen LogP contribution >= 0.6 is 0 Å². The van der Waals surface area contributed by atoms with Crippen LogP contribution in [0.25, 0.3) is 0 Å². The summed E-state index contributed by atoms with van der Waals surface area (Å²) in [5.41, 5.74) is 0. The third-order valence-electron chi connectivity index (χ3n) is 4.11. The Balaban J connectivity index is 1.66. The van der Waals surface area contributed by atoms with E-state index in [1.807, 2.05) is 18.5 Å². The summed E-state index contributed by atoms with van der Waals surface area (Å²) in [5.74, 6) is 2.62. The molecule has 24 heavy (non-hydrogen) atoms. The van der Waals surface area contributed by atoms with Crippen LogP contribution in [0.1, 0.15) is 68.6 Å². The molecule has 0 aromatic carbocycles. The summed E-state index contributed by atoms with van der Waals surface area (Å²) in [6.45, 7) is 6.56. The first-order chi connectivity index (χ1) is 11.6. The second-order valence-electron chi connectivity index (χ2n) is 5.91. The van der Waals surface area contributed by atoms with Crippen molar-refractivity contribution in [3.05, 3.63) is 23.4 Å². The molecule has 0 saturated carbocycles. The van der Waals surface area contributed by atoms with Crippen molar-refractivity contribution in [1.82, 2.24) is 35.5 Å². The van der Waals surface area contributed by atoms with Crippen LogP contribution in [0.2, 0.25) is 0 Å². The molecule has 2 N–H and O–H groups in total. The number of amides is 2. The third kappa shape index (κ3) is 3.39. The van der Waals surface area contributed by atoms with Gasteiger partial charge in [-0.1, -0.05) is 19.0 Å². The van der Waals surface area contributed by atoms with Crippen LogP contribution in [0.3, 0.4) is 0 Å². The molecule has 1 aliphatic heterocycles. The molecule has 2 atom stereocenters. The maximum Gasteiger partial charge on any atom is 0.315 e. The predicted octanol–water partition coefficient (Wildman–Crippen LogP) is 1.82. The van der Waals surface area contributed by atoms with E-state index in [1.54, 1.807) is 6.92 Å². The zero-order valence-corrected chi connectivity index (χ0v) is 14.2. The van der Waals surface area contributed by atoms with Gasteiger partial charge in [0.25, 0.3) is 0 Å². The van der Waals surface area contributed by atoms with Gasteiger partial charge < -0.3 is 15.2 Å². The lowest BCUT2D eigenvalue weighted by atomic mass is 10.1. The van der Waals surface area contributed by atoms with E-state index in [2.05, 4.69) is 30.9 Å². The molecule has 2 aromatic heterocycles. The van der Waals surface area contributed by atoms with Crippen molar-refractivity contribution < 1.29 is 9.32 Å². The highest BCUT2D eigenvalue weighted by molar-refractivity contribution is 5.74. The number of nitrogens with one attached hydrogen (secondary N) is 2. The van der Waals surface area contributed by atoms with Crippen molar-refractivity contribution in [2.75, 3.05) is 0 Å². The van der Waals surface area contributed by atoms with E-state index in [1.165, 1.54) is 0 Å². The zero-order valence-electron chi connectivity index (χ0n) is 14.2. The molecular weight excluding hydrogens is 310 g/mol. The molecule has 3 rings (SSSR count). The van der Waals surface area contributed by atoms with E-state index in [-0.39, 0.29) is 18.1 Å². The maximum atomic E-state index is 12.4. The van der Waals surface area contributed by atoms with Crippen LogP contribution in [0.4, 0.5) is 4.79 Å². The molecular formula is C15H23N7O2. The SMILES string of the molecule is CCc1nc2n(n1)CCC[C@@H]2NC(=O)N[C@@H](CC)c1noc(C)n1. The highest BCUT2D eigenvalue weighted by Gasteiger charge is 2.26. The quantitative estimate of drug-likeness (QED) is 0.863. The molecule has 2 aromatic rings. The van der Waals surface area contributed by atoms with Crippen molar-refractivity contribution in [3.8, 4) is 0 Å². The molecule has 0 saturated heterocycles. The molecule has 3 heterocycles. The number of carbonyl (C=O) groups excluding carboxylic acids is 1. The summed E-state index contributed by atoms with van der Waals surface area (Å²) < 4.78 is 6.88. The highest BCUT2D eigenvalue weighted by Crippen LogP contribution is 2.23. The molecule has 0 bridgehead atoms. The van der Waals surface area contributed by atoms with Crippen LogP contribution in [-0.4, -0.2) is 30.9 Å². The lowest BCUT2D eigenvalue weighted by Crippen LogP contribution is -2.41. The van der Waals surface area contributed by atoms with Gasteiger partial charge in [0, 0.05) is 19.9 Å². The molecule has 130 valence electrons. The van der Waals surface area contributed by atoms with Gasteiger partial charge in [0.1, 0.15) is 5.82 Å². The third-order valence-corrected chi connectivity index (χ3v) is 4.11. The minimum Gasteiger partial charge on any atom is -0.340 e. The van der Waals surface area contributed by atoms with Crippen LogP contribution in [-0.2, 0) is 13.0 Å². The molecule has 0 fully saturated rings. The first-order valence-electron chi connectivity index (χ1n) is 8.41. The van der Waals surface area contributed by atoms with Gasteiger partial charge in [-0.15, -0.1) is 0 Å². The smallest absolute Gasteiger partial charge is 0.315 e. The van der Waals surface area contributed by atoms with Gasteiger partial charge in [-0.25, -0.2) is 14.5 Å². The summed E-state index contributed by atoms with van der Waals surface area (Å²) in [7, 11) is 0. The van der Waals surface area contributed by atoms with E-state index < -0.39 is 0 Å². The van der Waals surface area contributed by atoms with E-state index in [0.717, 1.165) is 37.5 Å². The molecule has 0 aliphatic carbocycles. The number of hydrogen-bond donors (Lipinski definition) is 2. The van der Waals surface area contributed by atoms with E-state index in [9.17, 15) is 4.79 Å². The van der Waals surface area contributed by atoms with E-state index in [4.69, 9.17) is 4.52 Å². The van der Waals surface area contributed by atoms with Gasteiger partial charge >= 0.3 is 6.03 Å². The number of nitrogens with zero attached hydrogens (tertiary/aromatic N) is 5. The first kappa shape index (κ1) is 16.4. The Bertz CT molecular complexity index is 708. The van der Waals surface area contributed by atoms with Crippen LogP contribution in [0.15, 0.2) is 4.52 Å². The Kier molecular flexibility index (Phi) is 4.77. The minimum absolute atomic E-state index is 0.129. The molecule has 0 radical (unpaired) electrons. The molecule has 2 amide bonds. The molecule has 1 aliphatic rings. The second kappa shape index (κ2) is 6.98. The Labute approximate surface area is 140 Å². The summed E-state index contributed by atoms with van der Waals surface area (Å²) >= 11 is 0. The number of aromatic nitrogens is 5. The fourth-order valence-electron chi connectivity index (χ4n) is 2.85. The minimum atomic E-state index is -0.282. The number of rotatable bonds is 5. The normalized spacial score (nSPS) is 18.0. The average molecular weight is 333 g/mol. The van der Waals surface area contributed by atoms with Gasteiger partial charge in [0.05, 0.1) is 12.1 Å². The van der Waals surface area contributed by atoms with Gasteiger partial charge in [0.2, 0.25) is 5.89 Å². The zero-order chi connectivity index (χ0) is 17.1. The molecule has 0 spiro atoms. The largest absolute Gasteiger partial charge is 0.340 e. The highest BCUT2D eigenvalue weighted by atomic mass is 16.5. The monoisotopic (exact) mass is 333 g/mol. The summed E-state index contributed by atoms with van der Waals surface area (Å²) in [5, 5.41) is 14.2. The number of hydrogen-bond acceptors (Lipinski definition) is 6. The van der Waals surface area contributed by atoms with Crippen LogP contribution < -0.4 is 10.6 Å². The number of fused-ring (bicyclic) bond motifs is 1. The van der Waals surface area contributed by atoms with Gasteiger partial charge in [0.15, 0.2) is 11.6 Å². The number of carbonyl (C=O) groups is 1. The first-order valence-corrected chi connectivity index (χ1v) is 8.41. The Morgan fingerprint density at radius 1 is 1.42 bits per heavy atom. The maximum absolute atomic E-state index is 12.4. The van der Waals surface area contributed by atoms with E-state index in [0.29, 0.717) is 18.1 Å². The van der Waals surface area contributed by atoms with Crippen LogP contribution in [0, 0.1) is 6.92 Å². The predicted molar refractivity (Wildman–Crippen MR) is 85.1 cm³/mol. The fourth-order valence-corrected chi connectivity index (χ4v) is 2.85. The standard InChI is InChI=1S/C15H23N7O2/c1-4-10(13-16-9(3)24-21-13)17-15(23)18-11-7-6-8-22-14(11)19-12(5-2)20-22/h10-11H,4-8H2,1-3H3,(H2,17,18,23)/t10-,11-/m0/s1. The number of urea groups is 1. The Hall–Kier alpha value is -2.45. The van der Waals surface area contributed by atoms with Crippen molar-refractivity contribution >= 4 is 6.03 Å². The topological polar surface area (TPSA) is 111 Å². The second-order valence-corrected chi connectivity index (χ2v) is 5.91. The van der Waals surface area contributed by atoms with Gasteiger partial charge in [-0.3, -0.25) is 0 Å². The van der Waals surface area contributed by atoms with Crippen molar-refractivity contribution in [2.24, 2.45) is 0 Å². The van der Waals surface area contributed by atoms with Gasteiger partial charge in [-0.05, 0) is 19.3 Å². The van der Waals surface area contributed by atoms with Crippen LogP contribution in [0.5, 0.6) is 0 Å². The average Bonchev–Trinajstić information content (AvgIpc) is 3.19. The summed E-state index contributed by atoms with van der Waals surface area (Å²) in [6, 6.07) is -0.671. The van der Waals surface area contributed by atoms with Crippen molar-refractivity contribution in [2.45, 2.75) is 65.1 Å². The fraction of sp³-hybridized carbons (Fsp3) is 0.667. The number of aryl methyl sites for hydroxylation is 3. The van der Waals surface area contributed by atoms with Gasteiger partial charge in [-0.2, -0.15) is 10.1 Å². The summed E-state index contributed by atoms with van der Waals surface area (Å²) in [6.07, 6.45) is 3.28.